The number of benzene rings is 1. The summed E-state index contributed by atoms with van der Waals surface area (Å²) in [5, 5.41) is 3.79. The van der Waals surface area contributed by atoms with Gasteiger partial charge < -0.3 is 5.73 Å². The van der Waals surface area contributed by atoms with Crippen LogP contribution in [0.15, 0.2) is 35.3 Å². The Bertz CT molecular complexity index is 659. The Morgan fingerprint density at radius 1 is 1.21 bits per heavy atom. The summed E-state index contributed by atoms with van der Waals surface area (Å²) in [6, 6.07) is 4.39. The van der Waals surface area contributed by atoms with Gasteiger partial charge >= 0.3 is 6.18 Å². The van der Waals surface area contributed by atoms with Crippen LogP contribution in [0.3, 0.4) is 0 Å². The van der Waals surface area contributed by atoms with Crippen LogP contribution in [-0.4, -0.2) is 9.78 Å². The minimum absolute atomic E-state index is 0.0442. The second-order valence-electron chi connectivity index (χ2n) is 3.98. The van der Waals surface area contributed by atoms with Gasteiger partial charge in [0.15, 0.2) is 0 Å². The first-order chi connectivity index (χ1) is 8.80. The molecule has 0 atom stereocenters. The summed E-state index contributed by atoms with van der Waals surface area (Å²) in [6.07, 6.45) is -3.05. The van der Waals surface area contributed by atoms with E-state index in [0.717, 1.165) is 16.8 Å². The van der Waals surface area contributed by atoms with E-state index in [0.29, 0.717) is 11.1 Å². The van der Waals surface area contributed by atoms with Crippen molar-refractivity contribution in [3.05, 3.63) is 46.4 Å². The fourth-order valence-electron chi connectivity index (χ4n) is 1.62. The first-order valence-corrected chi connectivity index (χ1v) is 5.30. The van der Waals surface area contributed by atoms with Crippen molar-refractivity contribution in [1.82, 2.24) is 9.78 Å². The number of alkyl halides is 3. The Morgan fingerprint density at radius 2 is 1.79 bits per heavy atom. The molecule has 4 nitrogen and oxygen atoms in total. The van der Waals surface area contributed by atoms with Gasteiger partial charge in [0.05, 0.1) is 11.8 Å². The van der Waals surface area contributed by atoms with Crippen molar-refractivity contribution in [2.45, 2.75) is 6.18 Å². The topological polar surface area (TPSA) is 60.9 Å². The van der Waals surface area contributed by atoms with Gasteiger partial charge in [-0.2, -0.15) is 18.3 Å². The van der Waals surface area contributed by atoms with Crippen molar-refractivity contribution >= 4 is 5.69 Å². The molecule has 19 heavy (non-hydrogen) atoms. The van der Waals surface area contributed by atoms with Gasteiger partial charge in [-0.3, -0.25) is 4.79 Å². The van der Waals surface area contributed by atoms with Crippen LogP contribution in [-0.2, 0) is 13.2 Å². The molecule has 0 saturated heterocycles. The van der Waals surface area contributed by atoms with E-state index >= 15 is 0 Å². The van der Waals surface area contributed by atoms with Gasteiger partial charge in [-0.15, -0.1) is 0 Å². The molecule has 100 valence electrons. The molecular formula is C12H10F3N3O. The SMILES string of the molecule is Cn1ncc(-c2ccc(C(F)(F)F)cc2)c(N)c1=O. The van der Waals surface area contributed by atoms with E-state index in [4.69, 9.17) is 5.73 Å². The smallest absolute Gasteiger partial charge is 0.394 e. The van der Waals surface area contributed by atoms with Crippen molar-refractivity contribution in [3.63, 3.8) is 0 Å². The molecule has 0 amide bonds. The largest absolute Gasteiger partial charge is 0.416 e. The average Bonchev–Trinajstić information content (AvgIpc) is 2.35. The molecule has 2 aromatic rings. The molecule has 0 aliphatic rings. The molecule has 7 heteroatoms. The lowest BCUT2D eigenvalue weighted by atomic mass is 10.0. The van der Waals surface area contributed by atoms with Gasteiger partial charge in [0.25, 0.3) is 5.56 Å². The molecular weight excluding hydrogens is 259 g/mol. The second-order valence-corrected chi connectivity index (χ2v) is 3.98. The van der Waals surface area contributed by atoms with Crippen LogP contribution >= 0.6 is 0 Å². The van der Waals surface area contributed by atoms with Gasteiger partial charge in [0, 0.05) is 12.6 Å². The minimum atomic E-state index is -4.39. The maximum Gasteiger partial charge on any atom is 0.416 e. The van der Waals surface area contributed by atoms with E-state index in [2.05, 4.69) is 5.10 Å². The fourth-order valence-corrected chi connectivity index (χ4v) is 1.62. The molecule has 0 fully saturated rings. The molecule has 0 radical (unpaired) electrons. The maximum atomic E-state index is 12.4. The Kier molecular flexibility index (Phi) is 3.05. The Morgan fingerprint density at radius 3 is 2.32 bits per heavy atom. The quantitative estimate of drug-likeness (QED) is 0.861. The number of halogens is 3. The summed E-state index contributed by atoms with van der Waals surface area (Å²) in [6.45, 7) is 0. The fraction of sp³-hybridized carbons (Fsp3) is 0.167. The highest BCUT2D eigenvalue weighted by Crippen LogP contribution is 2.31. The first-order valence-electron chi connectivity index (χ1n) is 5.30. The number of nitrogens with zero attached hydrogens (tertiary/aromatic N) is 2. The van der Waals surface area contributed by atoms with E-state index < -0.39 is 17.3 Å². The summed E-state index contributed by atoms with van der Waals surface area (Å²) in [7, 11) is 1.44. The molecule has 0 aliphatic heterocycles. The molecule has 1 aromatic heterocycles. The molecule has 0 spiro atoms. The molecule has 1 heterocycles. The first kappa shape index (κ1) is 13.1. The number of rotatable bonds is 1. The molecule has 2 N–H and O–H groups in total. The molecule has 0 saturated carbocycles. The third-order valence-electron chi connectivity index (χ3n) is 2.70. The van der Waals surface area contributed by atoms with Crippen molar-refractivity contribution in [2.24, 2.45) is 7.05 Å². The summed E-state index contributed by atoms with van der Waals surface area (Å²) in [5.74, 6) is 0. The predicted molar refractivity (Wildman–Crippen MR) is 64.3 cm³/mol. The zero-order chi connectivity index (χ0) is 14.2. The van der Waals surface area contributed by atoms with Crippen LogP contribution in [0, 0.1) is 0 Å². The van der Waals surface area contributed by atoms with Crippen LogP contribution in [0.2, 0.25) is 0 Å². The number of nitrogen functional groups attached to an aromatic ring is 1. The normalized spacial score (nSPS) is 11.6. The summed E-state index contributed by atoms with van der Waals surface area (Å²) in [5.41, 5.74) is 5.08. The average molecular weight is 269 g/mol. The van der Waals surface area contributed by atoms with Crippen LogP contribution in [0.5, 0.6) is 0 Å². The molecule has 0 aliphatic carbocycles. The summed E-state index contributed by atoms with van der Waals surface area (Å²) < 4.78 is 38.3. The minimum Gasteiger partial charge on any atom is -0.394 e. The zero-order valence-electron chi connectivity index (χ0n) is 9.90. The predicted octanol–water partition coefficient (Wildman–Crippen LogP) is 2.05. The van der Waals surface area contributed by atoms with E-state index in [1.807, 2.05) is 0 Å². The van der Waals surface area contributed by atoms with E-state index in [1.54, 1.807) is 0 Å². The van der Waals surface area contributed by atoms with Gasteiger partial charge in [-0.1, -0.05) is 12.1 Å². The number of aromatic nitrogens is 2. The molecule has 0 bridgehead atoms. The maximum absolute atomic E-state index is 12.4. The molecule has 2 rings (SSSR count). The van der Waals surface area contributed by atoms with Gasteiger partial charge in [-0.05, 0) is 17.7 Å². The Labute approximate surface area is 106 Å². The lowest BCUT2D eigenvalue weighted by Crippen LogP contribution is -2.23. The van der Waals surface area contributed by atoms with Crippen LogP contribution in [0.4, 0.5) is 18.9 Å². The van der Waals surface area contributed by atoms with Crippen molar-refractivity contribution in [3.8, 4) is 11.1 Å². The lowest BCUT2D eigenvalue weighted by Gasteiger charge is -2.09. The number of nitrogens with two attached hydrogens (primary N) is 1. The third kappa shape index (κ3) is 2.44. The Hall–Kier alpha value is -2.31. The lowest BCUT2D eigenvalue weighted by molar-refractivity contribution is -0.137. The number of hydrogen-bond acceptors (Lipinski definition) is 3. The standard InChI is InChI=1S/C12H10F3N3O/c1-18-11(19)10(16)9(6-17-18)7-2-4-8(5-3-7)12(13,14)15/h2-6H,16H2,1H3. The highest BCUT2D eigenvalue weighted by atomic mass is 19.4. The Balaban J connectivity index is 2.50. The monoisotopic (exact) mass is 269 g/mol. The van der Waals surface area contributed by atoms with Gasteiger partial charge in [0.1, 0.15) is 5.69 Å². The number of hydrogen-bond donors (Lipinski definition) is 1. The number of anilines is 1. The second kappa shape index (κ2) is 4.42. The summed E-state index contributed by atoms with van der Waals surface area (Å²) in [4.78, 5) is 11.6. The van der Waals surface area contributed by atoms with E-state index in [1.165, 1.54) is 25.4 Å². The van der Waals surface area contributed by atoms with E-state index in [9.17, 15) is 18.0 Å². The number of aryl methyl sites for hydroxylation is 1. The zero-order valence-corrected chi connectivity index (χ0v) is 9.90. The van der Waals surface area contributed by atoms with Crippen LogP contribution < -0.4 is 11.3 Å². The molecule has 0 unspecified atom stereocenters. The van der Waals surface area contributed by atoms with Crippen molar-refractivity contribution < 1.29 is 13.2 Å². The summed E-state index contributed by atoms with van der Waals surface area (Å²) >= 11 is 0. The van der Waals surface area contributed by atoms with Gasteiger partial charge in [-0.25, -0.2) is 4.68 Å². The van der Waals surface area contributed by atoms with Crippen molar-refractivity contribution in [2.75, 3.05) is 5.73 Å². The van der Waals surface area contributed by atoms with Gasteiger partial charge in [0.2, 0.25) is 0 Å². The van der Waals surface area contributed by atoms with Crippen molar-refractivity contribution in [1.29, 1.82) is 0 Å². The van der Waals surface area contributed by atoms with E-state index in [-0.39, 0.29) is 5.69 Å². The van der Waals surface area contributed by atoms with Crippen LogP contribution in [0.25, 0.3) is 11.1 Å². The third-order valence-corrected chi connectivity index (χ3v) is 2.70. The highest BCUT2D eigenvalue weighted by Gasteiger charge is 2.30. The van der Waals surface area contributed by atoms with Crippen LogP contribution in [0.1, 0.15) is 5.56 Å². The molecule has 1 aromatic carbocycles. The highest BCUT2D eigenvalue weighted by molar-refractivity contribution is 5.74.